The fourth-order valence-corrected chi connectivity index (χ4v) is 3.56. The van der Waals surface area contributed by atoms with Gasteiger partial charge < -0.3 is 15.6 Å². The lowest BCUT2D eigenvalue weighted by Gasteiger charge is -2.29. The van der Waals surface area contributed by atoms with Crippen molar-refractivity contribution in [2.75, 3.05) is 11.9 Å². The number of H-pyrrole nitrogens is 2. The molecule has 1 aliphatic rings. The van der Waals surface area contributed by atoms with Crippen LogP contribution in [0.15, 0.2) is 39.9 Å². The molecule has 7 heteroatoms. The summed E-state index contributed by atoms with van der Waals surface area (Å²) in [6.45, 7) is 2.29. The van der Waals surface area contributed by atoms with Crippen molar-refractivity contribution >= 4 is 11.6 Å². The summed E-state index contributed by atoms with van der Waals surface area (Å²) in [5.41, 5.74) is 0.155. The number of carbonyl (C=O) groups is 1. The number of hydrogen-bond donors (Lipinski definition) is 4. The van der Waals surface area contributed by atoms with Gasteiger partial charge in [-0.3, -0.25) is 14.6 Å². The van der Waals surface area contributed by atoms with Gasteiger partial charge >= 0.3 is 5.69 Å². The molecule has 1 amide bonds. The van der Waals surface area contributed by atoms with Crippen molar-refractivity contribution in [2.24, 2.45) is 0 Å². The first-order valence-electron chi connectivity index (χ1n) is 9.04. The standard InChI is InChI=1S/C19H24N4O3/c1-2-20-15-16(22-19(26)23-17(15)24)18(25)21-14-10-8-13(9-11-14)12-6-4-3-5-7-12/h3-7,13-14,20H,2,8-11H2,1H3,(H,21,25)(H2,22,23,24,26). The normalized spacial score (nSPS) is 19.7. The summed E-state index contributed by atoms with van der Waals surface area (Å²) in [6, 6.07) is 10.4. The maximum atomic E-state index is 12.6. The predicted octanol–water partition coefficient (Wildman–Crippen LogP) is 1.95. The van der Waals surface area contributed by atoms with Gasteiger partial charge in [0.05, 0.1) is 0 Å². The Labute approximate surface area is 151 Å². The average molecular weight is 356 g/mol. The van der Waals surface area contributed by atoms with E-state index in [-0.39, 0.29) is 17.4 Å². The van der Waals surface area contributed by atoms with Crippen LogP contribution < -0.4 is 21.9 Å². The van der Waals surface area contributed by atoms with Crippen LogP contribution in [-0.4, -0.2) is 28.5 Å². The van der Waals surface area contributed by atoms with Crippen molar-refractivity contribution in [1.29, 1.82) is 0 Å². The molecule has 1 heterocycles. The minimum absolute atomic E-state index is 0.00853. The molecular weight excluding hydrogens is 332 g/mol. The number of hydrogen-bond acceptors (Lipinski definition) is 4. The summed E-state index contributed by atoms with van der Waals surface area (Å²) in [6.07, 6.45) is 3.74. The van der Waals surface area contributed by atoms with Crippen LogP contribution in [0.1, 0.15) is 54.6 Å². The summed E-state index contributed by atoms with van der Waals surface area (Å²) in [4.78, 5) is 40.6. The summed E-state index contributed by atoms with van der Waals surface area (Å²) < 4.78 is 0. The minimum atomic E-state index is -0.686. The molecule has 1 aliphatic carbocycles. The van der Waals surface area contributed by atoms with Crippen molar-refractivity contribution in [1.82, 2.24) is 15.3 Å². The van der Waals surface area contributed by atoms with Crippen molar-refractivity contribution in [3.63, 3.8) is 0 Å². The van der Waals surface area contributed by atoms with E-state index in [2.05, 4.69) is 44.9 Å². The molecule has 3 rings (SSSR count). The van der Waals surface area contributed by atoms with Crippen LogP contribution in [0.4, 0.5) is 5.69 Å². The van der Waals surface area contributed by atoms with Gasteiger partial charge in [-0.2, -0.15) is 0 Å². The monoisotopic (exact) mass is 356 g/mol. The zero-order chi connectivity index (χ0) is 18.5. The Morgan fingerprint density at radius 1 is 1.08 bits per heavy atom. The first-order chi connectivity index (χ1) is 12.6. The van der Waals surface area contributed by atoms with E-state index in [4.69, 9.17) is 0 Å². The lowest BCUT2D eigenvalue weighted by atomic mass is 9.82. The van der Waals surface area contributed by atoms with Crippen molar-refractivity contribution in [3.8, 4) is 0 Å². The quantitative estimate of drug-likeness (QED) is 0.657. The summed E-state index contributed by atoms with van der Waals surface area (Å²) in [5, 5.41) is 5.80. The number of benzene rings is 1. The molecular formula is C19H24N4O3. The summed E-state index contributed by atoms with van der Waals surface area (Å²) in [5.74, 6) is 0.0911. The zero-order valence-corrected chi connectivity index (χ0v) is 14.8. The second-order valence-corrected chi connectivity index (χ2v) is 6.62. The second-order valence-electron chi connectivity index (χ2n) is 6.62. The molecule has 138 valence electrons. The highest BCUT2D eigenvalue weighted by Crippen LogP contribution is 2.32. The summed E-state index contributed by atoms with van der Waals surface area (Å²) >= 11 is 0. The van der Waals surface area contributed by atoms with E-state index in [1.165, 1.54) is 5.56 Å². The van der Waals surface area contributed by atoms with E-state index >= 15 is 0 Å². The molecule has 0 radical (unpaired) electrons. The van der Waals surface area contributed by atoms with Crippen LogP contribution in [0.2, 0.25) is 0 Å². The van der Waals surface area contributed by atoms with Gasteiger partial charge in [-0.1, -0.05) is 30.3 Å². The molecule has 0 bridgehead atoms. The Morgan fingerprint density at radius 3 is 2.42 bits per heavy atom. The van der Waals surface area contributed by atoms with Gasteiger partial charge in [-0.15, -0.1) is 0 Å². The lowest BCUT2D eigenvalue weighted by Crippen LogP contribution is -2.40. The highest BCUT2D eigenvalue weighted by atomic mass is 16.2. The van der Waals surface area contributed by atoms with E-state index in [9.17, 15) is 14.4 Å². The molecule has 2 aromatic rings. The number of carbonyl (C=O) groups excluding carboxylic acids is 1. The van der Waals surface area contributed by atoms with E-state index in [1.807, 2.05) is 13.0 Å². The SMILES string of the molecule is CCNc1c(C(=O)NC2CCC(c3ccccc3)CC2)[nH]c(=O)[nH]c1=O. The predicted molar refractivity (Wildman–Crippen MR) is 101 cm³/mol. The largest absolute Gasteiger partial charge is 0.379 e. The molecule has 1 aromatic carbocycles. The Bertz CT molecular complexity index is 864. The number of anilines is 1. The smallest absolute Gasteiger partial charge is 0.326 e. The first kappa shape index (κ1) is 18.0. The van der Waals surface area contributed by atoms with Crippen LogP contribution in [0.5, 0.6) is 0 Å². The lowest BCUT2D eigenvalue weighted by molar-refractivity contribution is 0.0921. The fourth-order valence-electron chi connectivity index (χ4n) is 3.56. The number of amides is 1. The van der Waals surface area contributed by atoms with Crippen LogP contribution in [0.25, 0.3) is 0 Å². The van der Waals surface area contributed by atoms with E-state index < -0.39 is 17.2 Å². The van der Waals surface area contributed by atoms with Crippen molar-refractivity contribution in [3.05, 3.63) is 62.4 Å². The molecule has 26 heavy (non-hydrogen) atoms. The van der Waals surface area contributed by atoms with Crippen LogP contribution in [0.3, 0.4) is 0 Å². The third-order valence-electron chi connectivity index (χ3n) is 4.86. The summed E-state index contributed by atoms with van der Waals surface area (Å²) in [7, 11) is 0. The van der Waals surface area contributed by atoms with Gasteiger partial charge in [0.2, 0.25) is 0 Å². The fraction of sp³-hybridized carbons (Fsp3) is 0.421. The molecule has 7 nitrogen and oxygen atoms in total. The zero-order valence-electron chi connectivity index (χ0n) is 14.8. The average Bonchev–Trinajstić information content (AvgIpc) is 2.65. The molecule has 1 fully saturated rings. The maximum Gasteiger partial charge on any atom is 0.326 e. The third-order valence-corrected chi connectivity index (χ3v) is 4.86. The van der Waals surface area contributed by atoms with Crippen LogP contribution >= 0.6 is 0 Å². The highest BCUT2D eigenvalue weighted by molar-refractivity contribution is 5.97. The Kier molecular flexibility index (Phi) is 5.55. The molecule has 1 saturated carbocycles. The van der Waals surface area contributed by atoms with Crippen molar-refractivity contribution in [2.45, 2.75) is 44.6 Å². The van der Waals surface area contributed by atoms with Gasteiger partial charge in [0.25, 0.3) is 11.5 Å². The van der Waals surface area contributed by atoms with E-state index in [0.29, 0.717) is 12.5 Å². The Balaban J connectivity index is 1.66. The third kappa shape index (κ3) is 4.04. The maximum absolute atomic E-state index is 12.6. The minimum Gasteiger partial charge on any atom is -0.379 e. The number of nitrogens with one attached hydrogen (secondary N) is 4. The molecule has 1 aromatic heterocycles. The van der Waals surface area contributed by atoms with Crippen LogP contribution in [-0.2, 0) is 0 Å². The highest BCUT2D eigenvalue weighted by Gasteiger charge is 2.25. The number of aromatic nitrogens is 2. The Morgan fingerprint density at radius 2 is 1.77 bits per heavy atom. The molecule has 0 spiro atoms. The van der Waals surface area contributed by atoms with Gasteiger partial charge in [-0.05, 0) is 44.1 Å². The molecule has 0 saturated heterocycles. The van der Waals surface area contributed by atoms with E-state index in [0.717, 1.165) is 25.7 Å². The first-order valence-corrected chi connectivity index (χ1v) is 9.04. The van der Waals surface area contributed by atoms with Crippen LogP contribution in [0, 0.1) is 0 Å². The van der Waals surface area contributed by atoms with E-state index in [1.54, 1.807) is 0 Å². The topological polar surface area (TPSA) is 107 Å². The molecule has 0 unspecified atom stereocenters. The second kappa shape index (κ2) is 8.03. The Hall–Kier alpha value is -2.83. The van der Waals surface area contributed by atoms with Gasteiger partial charge in [0.1, 0.15) is 11.4 Å². The molecule has 0 aliphatic heterocycles. The van der Waals surface area contributed by atoms with Gasteiger partial charge in [-0.25, -0.2) is 4.79 Å². The van der Waals surface area contributed by atoms with Crippen molar-refractivity contribution < 1.29 is 4.79 Å². The number of rotatable bonds is 5. The number of aromatic amines is 2. The molecule has 4 N–H and O–H groups in total. The van der Waals surface area contributed by atoms with Gasteiger partial charge in [0, 0.05) is 12.6 Å². The van der Waals surface area contributed by atoms with Gasteiger partial charge in [0.15, 0.2) is 0 Å². The molecule has 0 atom stereocenters.